The fourth-order valence-electron chi connectivity index (χ4n) is 3.54. The maximum Gasteiger partial charge on any atom is 0.344 e. The Kier molecular flexibility index (Phi) is 4.95. The number of nitrogens with zero attached hydrogens (tertiary/aromatic N) is 3. The molecule has 0 fully saturated rings. The van der Waals surface area contributed by atoms with Gasteiger partial charge in [0.1, 0.15) is 29.3 Å². The number of ether oxygens (including phenoxy) is 1. The number of halogens is 2. The van der Waals surface area contributed by atoms with E-state index in [1.54, 1.807) is 12.1 Å². The van der Waals surface area contributed by atoms with Crippen LogP contribution in [0.2, 0.25) is 5.02 Å². The first kappa shape index (κ1) is 20.0. The molecule has 0 unspecified atom stereocenters. The van der Waals surface area contributed by atoms with Crippen molar-refractivity contribution in [1.29, 1.82) is 0 Å². The lowest BCUT2D eigenvalue weighted by Gasteiger charge is -2.09. The molecular weight excluding hydrogens is 431 g/mol. The van der Waals surface area contributed by atoms with Gasteiger partial charge in [-0.15, -0.1) is 0 Å². The monoisotopic (exact) mass is 446 g/mol. The van der Waals surface area contributed by atoms with Crippen LogP contribution in [0.4, 0.5) is 10.2 Å². The first-order chi connectivity index (χ1) is 15.5. The molecule has 0 radical (unpaired) electrons. The van der Waals surface area contributed by atoms with Crippen LogP contribution in [-0.2, 0) is 11.3 Å². The topological polar surface area (TPSA) is 83.0 Å². The largest absolute Gasteiger partial charge is 0.457 e. The molecule has 0 saturated carbocycles. The Balaban J connectivity index is 1.69. The average molecular weight is 447 g/mol. The SMILES string of the molecule is Nc1c(C(=O)OCc2ccccc2)c2nc3ccccc3nc2n1-c1ccc(F)c(Cl)c1. The molecule has 2 N–H and O–H groups in total. The van der Waals surface area contributed by atoms with Gasteiger partial charge in [-0.05, 0) is 35.9 Å². The molecule has 0 saturated heterocycles. The molecule has 2 aromatic heterocycles. The van der Waals surface area contributed by atoms with E-state index >= 15 is 0 Å². The van der Waals surface area contributed by atoms with E-state index in [2.05, 4.69) is 9.97 Å². The van der Waals surface area contributed by atoms with Crippen LogP contribution in [-0.4, -0.2) is 20.5 Å². The minimum atomic E-state index is -0.632. The molecule has 0 amide bonds. The highest BCUT2D eigenvalue weighted by Crippen LogP contribution is 2.32. The standard InChI is InChI=1S/C24H16ClFN4O2/c25-16-12-15(10-11-17(16)26)30-22(27)20(24(31)32-13-14-6-2-1-3-7-14)21-23(30)29-19-9-5-4-8-18(19)28-21/h1-12H,13,27H2. The molecule has 2 heterocycles. The van der Waals surface area contributed by atoms with E-state index in [4.69, 9.17) is 22.1 Å². The number of benzene rings is 3. The minimum Gasteiger partial charge on any atom is -0.457 e. The van der Waals surface area contributed by atoms with Gasteiger partial charge in [-0.2, -0.15) is 0 Å². The molecule has 8 heteroatoms. The number of hydrogen-bond donors (Lipinski definition) is 1. The Bertz CT molecular complexity index is 1480. The van der Waals surface area contributed by atoms with E-state index in [-0.39, 0.29) is 23.0 Å². The van der Waals surface area contributed by atoms with Crippen molar-refractivity contribution < 1.29 is 13.9 Å². The van der Waals surface area contributed by atoms with Crippen molar-refractivity contribution in [3.63, 3.8) is 0 Å². The highest BCUT2D eigenvalue weighted by Gasteiger charge is 2.26. The van der Waals surface area contributed by atoms with Gasteiger partial charge in [0.05, 0.1) is 21.7 Å². The van der Waals surface area contributed by atoms with Crippen molar-refractivity contribution in [1.82, 2.24) is 14.5 Å². The third kappa shape index (κ3) is 3.42. The van der Waals surface area contributed by atoms with Crippen molar-refractivity contribution in [2.45, 2.75) is 6.61 Å². The normalized spacial score (nSPS) is 11.2. The second-order valence-corrected chi connectivity index (χ2v) is 7.55. The van der Waals surface area contributed by atoms with Crippen molar-refractivity contribution in [2.75, 3.05) is 5.73 Å². The number of fused-ring (bicyclic) bond motifs is 2. The van der Waals surface area contributed by atoms with E-state index in [1.807, 2.05) is 42.5 Å². The van der Waals surface area contributed by atoms with Gasteiger partial charge in [0, 0.05) is 0 Å². The van der Waals surface area contributed by atoms with Gasteiger partial charge >= 0.3 is 5.97 Å². The van der Waals surface area contributed by atoms with Crippen molar-refractivity contribution in [3.8, 4) is 5.69 Å². The Labute approximate surface area is 187 Å². The maximum absolute atomic E-state index is 13.8. The van der Waals surface area contributed by atoms with Crippen LogP contribution in [0.5, 0.6) is 0 Å². The van der Waals surface area contributed by atoms with Crippen LogP contribution in [0, 0.1) is 5.82 Å². The molecule has 0 atom stereocenters. The second-order valence-electron chi connectivity index (χ2n) is 7.14. The van der Waals surface area contributed by atoms with E-state index in [0.29, 0.717) is 27.9 Å². The molecule has 0 aliphatic rings. The number of nitrogen functional groups attached to an aromatic ring is 1. The van der Waals surface area contributed by atoms with Crippen LogP contribution in [0.15, 0.2) is 72.8 Å². The molecule has 3 aromatic carbocycles. The highest BCUT2D eigenvalue weighted by molar-refractivity contribution is 6.31. The maximum atomic E-state index is 13.8. The quantitative estimate of drug-likeness (QED) is 0.378. The van der Waals surface area contributed by atoms with Crippen molar-refractivity contribution in [3.05, 3.63) is 94.8 Å². The molecule has 5 aromatic rings. The third-order valence-corrected chi connectivity index (χ3v) is 5.37. The van der Waals surface area contributed by atoms with Gasteiger partial charge in [-0.1, -0.05) is 54.1 Å². The molecule has 0 aliphatic carbocycles. The predicted molar refractivity (Wildman–Crippen MR) is 121 cm³/mol. The summed E-state index contributed by atoms with van der Waals surface area (Å²) in [4.78, 5) is 22.4. The number of anilines is 1. The van der Waals surface area contributed by atoms with Crippen LogP contribution < -0.4 is 5.73 Å². The van der Waals surface area contributed by atoms with Gasteiger partial charge < -0.3 is 10.5 Å². The fourth-order valence-corrected chi connectivity index (χ4v) is 3.72. The summed E-state index contributed by atoms with van der Waals surface area (Å²) in [5, 5.41) is -0.0781. The Hall–Kier alpha value is -3.97. The van der Waals surface area contributed by atoms with Crippen molar-refractivity contribution in [2.24, 2.45) is 0 Å². The molecule has 32 heavy (non-hydrogen) atoms. The van der Waals surface area contributed by atoms with Crippen LogP contribution in [0.1, 0.15) is 15.9 Å². The highest BCUT2D eigenvalue weighted by atomic mass is 35.5. The van der Waals surface area contributed by atoms with E-state index in [0.717, 1.165) is 5.56 Å². The third-order valence-electron chi connectivity index (χ3n) is 5.08. The average Bonchev–Trinajstić information content (AvgIpc) is 3.09. The zero-order valence-electron chi connectivity index (χ0n) is 16.6. The number of rotatable bonds is 4. The molecule has 158 valence electrons. The van der Waals surface area contributed by atoms with E-state index < -0.39 is 11.8 Å². The second kappa shape index (κ2) is 7.94. The molecule has 6 nitrogen and oxygen atoms in total. The number of nitrogens with two attached hydrogens (primary N) is 1. The Morgan fingerprint density at radius 1 is 1.00 bits per heavy atom. The number of carbonyl (C=O) groups is 1. The molecule has 0 spiro atoms. The summed E-state index contributed by atoms with van der Waals surface area (Å²) in [5.74, 6) is -1.12. The number of carbonyl (C=O) groups excluding carboxylic acids is 1. The van der Waals surface area contributed by atoms with Crippen LogP contribution in [0.25, 0.3) is 27.9 Å². The number of hydrogen-bond acceptors (Lipinski definition) is 5. The van der Waals surface area contributed by atoms with Crippen molar-refractivity contribution >= 4 is 45.6 Å². The smallest absolute Gasteiger partial charge is 0.344 e. The summed E-state index contributed by atoms with van der Waals surface area (Å²) in [6.07, 6.45) is 0. The summed E-state index contributed by atoms with van der Waals surface area (Å²) < 4.78 is 20.8. The van der Waals surface area contributed by atoms with Gasteiger partial charge in [0.25, 0.3) is 0 Å². The van der Waals surface area contributed by atoms with E-state index in [9.17, 15) is 9.18 Å². The molecule has 0 aliphatic heterocycles. The summed E-state index contributed by atoms with van der Waals surface area (Å²) in [6.45, 7) is 0.0785. The van der Waals surface area contributed by atoms with Crippen LogP contribution in [0.3, 0.4) is 0 Å². The lowest BCUT2D eigenvalue weighted by Crippen LogP contribution is -2.09. The van der Waals surface area contributed by atoms with Gasteiger partial charge in [-0.25, -0.2) is 19.2 Å². The zero-order valence-corrected chi connectivity index (χ0v) is 17.4. The summed E-state index contributed by atoms with van der Waals surface area (Å²) in [7, 11) is 0. The Morgan fingerprint density at radius 3 is 2.41 bits per heavy atom. The molecular formula is C24H16ClFN4O2. The lowest BCUT2D eigenvalue weighted by molar-refractivity contribution is 0.0476. The molecule has 0 bridgehead atoms. The lowest BCUT2D eigenvalue weighted by atomic mass is 10.2. The fraction of sp³-hybridized carbons (Fsp3) is 0.0417. The summed E-state index contributed by atoms with van der Waals surface area (Å²) in [6, 6.07) is 20.7. The van der Waals surface area contributed by atoms with Gasteiger partial charge in [-0.3, -0.25) is 4.57 Å². The number of aromatic nitrogens is 3. The number of para-hydroxylation sites is 2. The Morgan fingerprint density at radius 2 is 1.69 bits per heavy atom. The number of esters is 1. The zero-order chi connectivity index (χ0) is 22.2. The first-order valence-electron chi connectivity index (χ1n) is 9.76. The van der Waals surface area contributed by atoms with Crippen LogP contribution >= 0.6 is 11.6 Å². The summed E-state index contributed by atoms with van der Waals surface area (Å²) >= 11 is 5.99. The van der Waals surface area contributed by atoms with E-state index in [1.165, 1.54) is 22.8 Å². The minimum absolute atomic E-state index is 0.0781. The first-order valence-corrected chi connectivity index (χ1v) is 10.1. The van der Waals surface area contributed by atoms with Gasteiger partial charge in [0.2, 0.25) is 0 Å². The predicted octanol–water partition coefficient (Wildman–Crippen LogP) is 5.31. The van der Waals surface area contributed by atoms with Gasteiger partial charge in [0.15, 0.2) is 5.65 Å². The summed E-state index contributed by atoms with van der Waals surface area (Å²) in [5.41, 5.74) is 9.65. The molecule has 5 rings (SSSR count).